The number of carboxylic acids is 1. The summed E-state index contributed by atoms with van der Waals surface area (Å²) in [6.07, 6.45) is 2.37. The molecule has 1 unspecified atom stereocenters. The summed E-state index contributed by atoms with van der Waals surface area (Å²) in [5, 5.41) is 10.5. The van der Waals surface area contributed by atoms with E-state index in [1.165, 1.54) is 5.56 Å². The summed E-state index contributed by atoms with van der Waals surface area (Å²) in [4.78, 5) is 24.3. The molecule has 198 valence electrons. The lowest BCUT2D eigenvalue weighted by Gasteiger charge is -2.24. The van der Waals surface area contributed by atoms with Crippen molar-refractivity contribution in [3.8, 4) is 28.4 Å². The molecule has 0 amide bonds. The maximum Gasteiger partial charge on any atom is 0.311 e. The van der Waals surface area contributed by atoms with Gasteiger partial charge in [-0.2, -0.15) is 0 Å². The number of Topliss-reactive ketones (excluding diaryl/α,β-unsaturated/α-hetero) is 1. The number of hydrogen-bond donors (Lipinski definition) is 1. The van der Waals surface area contributed by atoms with E-state index in [0.717, 1.165) is 29.0 Å². The highest BCUT2D eigenvalue weighted by atomic mass is 35.5. The standard InChI is InChI=1S/C32H26Cl2O5/c33-27-6-2-1-5-24(27)21-10-8-20(9-11-21)4-3-7-29(35)22-12-14-23(15-13-22)39-31-19-30-26(18-28(31)34)25(32(36)37)16-17-38-30/h1-2,5-6,8-15,18-19,25H,3-4,7,16-17H2,(H,36,37). The molecule has 1 aliphatic rings. The average molecular weight is 561 g/mol. The number of aliphatic carboxylic acids is 1. The first kappa shape index (κ1) is 26.8. The zero-order valence-electron chi connectivity index (χ0n) is 21.0. The van der Waals surface area contributed by atoms with Crippen LogP contribution in [0.5, 0.6) is 17.2 Å². The quantitative estimate of drug-likeness (QED) is 0.207. The third-order valence-corrected chi connectivity index (χ3v) is 7.44. The van der Waals surface area contributed by atoms with Crippen LogP contribution in [0.3, 0.4) is 0 Å². The van der Waals surface area contributed by atoms with Crippen molar-refractivity contribution in [2.45, 2.75) is 31.6 Å². The van der Waals surface area contributed by atoms with Gasteiger partial charge in [0.25, 0.3) is 0 Å². The molecule has 0 saturated heterocycles. The molecule has 0 spiro atoms. The van der Waals surface area contributed by atoms with E-state index in [9.17, 15) is 14.7 Å². The number of rotatable bonds is 9. The van der Waals surface area contributed by atoms with Crippen LogP contribution < -0.4 is 9.47 Å². The molecule has 0 aliphatic carbocycles. The minimum Gasteiger partial charge on any atom is -0.493 e. The van der Waals surface area contributed by atoms with Gasteiger partial charge in [0.05, 0.1) is 17.5 Å². The van der Waals surface area contributed by atoms with E-state index in [4.69, 9.17) is 32.7 Å². The van der Waals surface area contributed by atoms with Crippen LogP contribution in [0.1, 0.15) is 46.7 Å². The predicted molar refractivity (Wildman–Crippen MR) is 153 cm³/mol. The number of carboxylic acid groups (broad SMARTS) is 1. The lowest BCUT2D eigenvalue weighted by Crippen LogP contribution is -2.20. The van der Waals surface area contributed by atoms with Gasteiger partial charge in [-0.1, -0.05) is 65.7 Å². The largest absolute Gasteiger partial charge is 0.493 e. The molecule has 4 aromatic carbocycles. The number of carbonyl (C=O) groups is 2. The van der Waals surface area contributed by atoms with E-state index >= 15 is 0 Å². The Morgan fingerprint density at radius 3 is 2.38 bits per heavy atom. The monoisotopic (exact) mass is 560 g/mol. The van der Waals surface area contributed by atoms with Crippen molar-refractivity contribution in [1.82, 2.24) is 0 Å². The lowest BCUT2D eigenvalue weighted by atomic mass is 9.93. The van der Waals surface area contributed by atoms with Crippen LogP contribution in [0.4, 0.5) is 0 Å². The minimum absolute atomic E-state index is 0.0640. The topological polar surface area (TPSA) is 72.8 Å². The molecular weight excluding hydrogens is 535 g/mol. The first-order valence-electron chi connectivity index (χ1n) is 12.7. The lowest BCUT2D eigenvalue weighted by molar-refractivity contribution is -0.139. The maximum atomic E-state index is 12.7. The minimum atomic E-state index is -0.907. The second kappa shape index (κ2) is 11.9. The number of halogens is 2. The second-order valence-corrected chi connectivity index (χ2v) is 10.2. The van der Waals surface area contributed by atoms with Gasteiger partial charge in [0.1, 0.15) is 17.2 Å². The van der Waals surface area contributed by atoms with Crippen molar-refractivity contribution in [3.05, 3.63) is 112 Å². The smallest absolute Gasteiger partial charge is 0.311 e. The molecule has 0 radical (unpaired) electrons. The Kier molecular flexibility index (Phi) is 8.20. The highest BCUT2D eigenvalue weighted by Crippen LogP contribution is 2.42. The van der Waals surface area contributed by atoms with Gasteiger partial charge in [-0.25, -0.2) is 0 Å². The predicted octanol–water partition coefficient (Wildman–Crippen LogP) is 8.61. The Balaban J connectivity index is 1.16. The van der Waals surface area contributed by atoms with Crippen LogP contribution in [0, 0.1) is 0 Å². The van der Waals surface area contributed by atoms with Gasteiger partial charge in [0.15, 0.2) is 5.78 Å². The summed E-state index contributed by atoms with van der Waals surface area (Å²) < 4.78 is 11.6. The fourth-order valence-electron chi connectivity index (χ4n) is 4.70. The summed E-state index contributed by atoms with van der Waals surface area (Å²) >= 11 is 12.7. The number of ketones is 1. The van der Waals surface area contributed by atoms with E-state index in [1.54, 1.807) is 36.4 Å². The molecule has 0 aromatic heterocycles. The summed E-state index contributed by atoms with van der Waals surface area (Å²) in [6.45, 7) is 0.315. The van der Waals surface area contributed by atoms with Crippen LogP contribution in [0.2, 0.25) is 10.0 Å². The first-order valence-corrected chi connectivity index (χ1v) is 13.5. The highest BCUT2D eigenvalue weighted by Gasteiger charge is 2.29. The van der Waals surface area contributed by atoms with Crippen molar-refractivity contribution in [2.75, 3.05) is 6.61 Å². The molecule has 0 fully saturated rings. The van der Waals surface area contributed by atoms with E-state index in [1.807, 2.05) is 24.3 Å². The van der Waals surface area contributed by atoms with E-state index < -0.39 is 11.9 Å². The van der Waals surface area contributed by atoms with Gasteiger partial charge in [-0.15, -0.1) is 0 Å². The number of carbonyl (C=O) groups excluding carboxylic acids is 1. The average Bonchev–Trinajstić information content (AvgIpc) is 2.94. The summed E-state index contributed by atoms with van der Waals surface area (Å²) in [5.41, 5.74) is 4.39. The number of ether oxygens (including phenoxy) is 2. The molecule has 0 saturated carbocycles. The Morgan fingerprint density at radius 2 is 1.67 bits per heavy atom. The number of benzene rings is 4. The van der Waals surface area contributed by atoms with E-state index in [0.29, 0.717) is 52.8 Å². The van der Waals surface area contributed by atoms with Crippen LogP contribution >= 0.6 is 23.2 Å². The first-order chi connectivity index (χ1) is 18.9. The zero-order chi connectivity index (χ0) is 27.4. The molecule has 5 rings (SSSR count). The second-order valence-electron chi connectivity index (χ2n) is 9.43. The van der Waals surface area contributed by atoms with Crippen molar-refractivity contribution >= 4 is 35.0 Å². The molecule has 5 nitrogen and oxygen atoms in total. The third kappa shape index (κ3) is 6.27. The Morgan fingerprint density at radius 1 is 0.923 bits per heavy atom. The Labute approximate surface area is 236 Å². The van der Waals surface area contributed by atoms with Gasteiger partial charge in [-0.05, 0) is 66.8 Å². The molecule has 0 bridgehead atoms. The number of fused-ring (bicyclic) bond motifs is 1. The van der Waals surface area contributed by atoms with Gasteiger partial charge in [0, 0.05) is 34.2 Å². The Bertz CT molecular complexity index is 1500. The number of hydrogen-bond acceptors (Lipinski definition) is 4. The Hall–Kier alpha value is -3.80. The molecule has 1 N–H and O–H groups in total. The molecule has 1 aliphatic heterocycles. The maximum absolute atomic E-state index is 12.7. The SMILES string of the molecule is O=C(CCCc1ccc(-c2ccccc2Cl)cc1)c1ccc(Oc2cc3c(cc2Cl)C(C(=O)O)CCO3)cc1. The molecule has 7 heteroatoms. The van der Waals surface area contributed by atoms with Crippen molar-refractivity contribution in [2.24, 2.45) is 0 Å². The molecule has 39 heavy (non-hydrogen) atoms. The van der Waals surface area contributed by atoms with Crippen LogP contribution in [0.25, 0.3) is 11.1 Å². The highest BCUT2D eigenvalue weighted by molar-refractivity contribution is 6.33. The normalized spacial score (nSPS) is 14.3. The summed E-state index contributed by atoms with van der Waals surface area (Å²) in [6, 6.07) is 26.1. The van der Waals surface area contributed by atoms with Gasteiger partial charge >= 0.3 is 5.97 Å². The van der Waals surface area contributed by atoms with Crippen molar-refractivity contribution < 1.29 is 24.2 Å². The van der Waals surface area contributed by atoms with Crippen LogP contribution in [0.15, 0.2) is 84.9 Å². The summed E-state index contributed by atoms with van der Waals surface area (Å²) in [7, 11) is 0. The fourth-order valence-corrected chi connectivity index (χ4v) is 5.16. The van der Waals surface area contributed by atoms with Gasteiger partial charge in [0.2, 0.25) is 0 Å². The molecular formula is C32H26Cl2O5. The molecule has 1 heterocycles. The number of aryl methyl sites for hydroxylation is 1. The summed E-state index contributed by atoms with van der Waals surface area (Å²) in [5.74, 6) is -0.166. The fraction of sp³-hybridized carbons (Fsp3) is 0.188. The van der Waals surface area contributed by atoms with Crippen LogP contribution in [-0.2, 0) is 11.2 Å². The van der Waals surface area contributed by atoms with Gasteiger partial charge < -0.3 is 14.6 Å². The van der Waals surface area contributed by atoms with Gasteiger partial charge in [-0.3, -0.25) is 9.59 Å². The van der Waals surface area contributed by atoms with Crippen molar-refractivity contribution in [1.29, 1.82) is 0 Å². The zero-order valence-corrected chi connectivity index (χ0v) is 22.5. The third-order valence-electron chi connectivity index (χ3n) is 6.81. The van der Waals surface area contributed by atoms with E-state index in [-0.39, 0.29) is 5.78 Å². The molecule has 4 aromatic rings. The molecule has 1 atom stereocenters. The van der Waals surface area contributed by atoms with E-state index in [2.05, 4.69) is 24.3 Å². The van der Waals surface area contributed by atoms with Crippen molar-refractivity contribution in [3.63, 3.8) is 0 Å². The van der Waals surface area contributed by atoms with Crippen LogP contribution in [-0.4, -0.2) is 23.5 Å².